The fourth-order valence-corrected chi connectivity index (χ4v) is 3.47. The van der Waals surface area contributed by atoms with E-state index >= 15 is 0 Å². The standard InChI is InChI=1S/C16H24N4O2/c1-10(2)18-9-15(21)19(16(18)22)13-6-5-12-8-17-20(11(3)4)14(12)7-13/h8,10-11,13H,5-7,9H2,1-4H3. The fraction of sp³-hybridized carbons (Fsp3) is 0.688. The molecule has 22 heavy (non-hydrogen) atoms. The van der Waals surface area contributed by atoms with Gasteiger partial charge in [0, 0.05) is 30.2 Å². The Kier molecular flexibility index (Phi) is 3.70. The highest BCUT2D eigenvalue weighted by Crippen LogP contribution is 2.29. The van der Waals surface area contributed by atoms with Crippen LogP contribution in [0, 0.1) is 0 Å². The van der Waals surface area contributed by atoms with Gasteiger partial charge in [0.2, 0.25) is 0 Å². The number of carbonyl (C=O) groups excluding carboxylic acids is 2. The summed E-state index contributed by atoms with van der Waals surface area (Å²) in [4.78, 5) is 28.0. The van der Waals surface area contributed by atoms with Crippen molar-refractivity contribution in [3.8, 4) is 0 Å². The van der Waals surface area contributed by atoms with Crippen LogP contribution in [0.2, 0.25) is 0 Å². The van der Waals surface area contributed by atoms with E-state index in [0.717, 1.165) is 19.3 Å². The Labute approximate surface area is 131 Å². The number of rotatable bonds is 3. The smallest absolute Gasteiger partial charge is 0.313 e. The Morgan fingerprint density at radius 2 is 1.91 bits per heavy atom. The zero-order valence-corrected chi connectivity index (χ0v) is 13.7. The molecule has 0 N–H and O–H groups in total. The zero-order valence-electron chi connectivity index (χ0n) is 13.7. The predicted octanol–water partition coefficient (Wildman–Crippen LogP) is 1.99. The predicted molar refractivity (Wildman–Crippen MR) is 82.5 cm³/mol. The van der Waals surface area contributed by atoms with E-state index in [2.05, 4.69) is 18.9 Å². The quantitative estimate of drug-likeness (QED) is 0.803. The molecule has 3 amide bonds. The number of nitrogens with zero attached hydrogens (tertiary/aromatic N) is 4. The first-order chi connectivity index (χ1) is 10.4. The average molecular weight is 304 g/mol. The molecule has 0 bridgehead atoms. The Bertz CT molecular complexity index is 605. The number of imide groups is 1. The minimum Gasteiger partial charge on any atom is -0.313 e. The molecule has 3 rings (SSSR count). The second-order valence-corrected chi connectivity index (χ2v) is 6.82. The molecule has 6 heteroatoms. The van der Waals surface area contributed by atoms with Crippen molar-refractivity contribution in [1.82, 2.24) is 19.6 Å². The molecule has 120 valence electrons. The SMILES string of the molecule is CC(C)N1CC(=O)N(C2CCc3cnn(C(C)C)c3C2)C1=O. The number of fused-ring (bicyclic) bond motifs is 1. The van der Waals surface area contributed by atoms with Crippen molar-refractivity contribution >= 4 is 11.9 Å². The molecule has 1 aromatic rings. The van der Waals surface area contributed by atoms with Gasteiger partial charge in [0.1, 0.15) is 6.54 Å². The summed E-state index contributed by atoms with van der Waals surface area (Å²) in [6.07, 6.45) is 4.36. The number of hydrogen-bond acceptors (Lipinski definition) is 3. The third-order valence-corrected chi connectivity index (χ3v) is 4.66. The van der Waals surface area contributed by atoms with E-state index in [1.807, 2.05) is 24.7 Å². The fourth-order valence-electron chi connectivity index (χ4n) is 3.47. The molecule has 1 aliphatic carbocycles. The van der Waals surface area contributed by atoms with Crippen LogP contribution in [0.3, 0.4) is 0 Å². The molecule has 1 fully saturated rings. The van der Waals surface area contributed by atoms with Crippen molar-refractivity contribution in [3.05, 3.63) is 17.5 Å². The molecule has 1 aromatic heterocycles. The Morgan fingerprint density at radius 1 is 1.18 bits per heavy atom. The monoisotopic (exact) mass is 304 g/mol. The summed E-state index contributed by atoms with van der Waals surface area (Å²) in [5.74, 6) is -0.0669. The molecular formula is C16H24N4O2. The lowest BCUT2D eigenvalue weighted by atomic mass is 9.92. The molecule has 0 aromatic carbocycles. The van der Waals surface area contributed by atoms with Crippen LogP contribution in [0.15, 0.2) is 6.20 Å². The summed E-state index contributed by atoms with van der Waals surface area (Å²) < 4.78 is 2.02. The van der Waals surface area contributed by atoms with E-state index in [-0.39, 0.29) is 30.6 Å². The molecule has 1 unspecified atom stereocenters. The summed E-state index contributed by atoms with van der Waals surface area (Å²) in [6.45, 7) is 8.30. The largest absolute Gasteiger partial charge is 0.327 e. The van der Waals surface area contributed by atoms with Crippen LogP contribution in [0.4, 0.5) is 4.79 Å². The highest BCUT2D eigenvalue weighted by Gasteiger charge is 2.42. The van der Waals surface area contributed by atoms with Crippen molar-refractivity contribution < 1.29 is 9.59 Å². The number of hydrogen-bond donors (Lipinski definition) is 0. The molecule has 2 aliphatic rings. The summed E-state index contributed by atoms with van der Waals surface area (Å²) >= 11 is 0. The number of carbonyl (C=O) groups is 2. The molecule has 0 spiro atoms. The van der Waals surface area contributed by atoms with Gasteiger partial charge < -0.3 is 4.90 Å². The van der Waals surface area contributed by atoms with Crippen LogP contribution in [-0.4, -0.2) is 50.1 Å². The Balaban J connectivity index is 1.84. The number of urea groups is 1. The van der Waals surface area contributed by atoms with E-state index < -0.39 is 0 Å². The average Bonchev–Trinajstić information content (AvgIpc) is 2.99. The van der Waals surface area contributed by atoms with Gasteiger partial charge in [0.25, 0.3) is 5.91 Å². The van der Waals surface area contributed by atoms with Crippen molar-refractivity contribution in [2.24, 2.45) is 0 Å². The van der Waals surface area contributed by atoms with E-state index in [9.17, 15) is 9.59 Å². The molecule has 1 atom stereocenters. The van der Waals surface area contributed by atoms with Crippen molar-refractivity contribution in [2.75, 3.05) is 6.54 Å². The second-order valence-electron chi connectivity index (χ2n) is 6.82. The van der Waals surface area contributed by atoms with Crippen molar-refractivity contribution in [1.29, 1.82) is 0 Å². The van der Waals surface area contributed by atoms with Crippen LogP contribution in [0.25, 0.3) is 0 Å². The minimum atomic E-state index is -0.135. The van der Waals surface area contributed by atoms with Crippen LogP contribution < -0.4 is 0 Å². The van der Waals surface area contributed by atoms with Crippen molar-refractivity contribution in [3.63, 3.8) is 0 Å². The second kappa shape index (κ2) is 5.41. The van der Waals surface area contributed by atoms with Crippen LogP contribution >= 0.6 is 0 Å². The van der Waals surface area contributed by atoms with Gasteiger partial charge in [0.05, 0.1) is 6.20 Å². The topological polar surface area (TPSA) is 58.4 Å². The van der Waals surface area contributed by atoms with Crippen LogP contribution in [0.5, 0.6) is 0 Å². The van der Waals surface area contributed by atoms with Gasteiger partial charge in [-0.05, 0) is 46.1 Å². The zero-order chi connectivity index (χ0) is 16.0. The van der Waals surface area contributed by atoms with E-state index in [0.29, 0.717) is 6.04 Å². The first-order valence-corrected chi connectivity index (χ1v) is 8.08. The van der Waals surface area contributed by atoms with E-state index in [1.165, 1.54) is 16.2 Å². The Hall–Kier alpha value is -1.85. The molecule has 0 radical (unpaired) electrons. The first-order valence-electron chi connectivity index (χ1n) is 8.08. The van der Waals surface area contributed by atoms with E-state index in [4.69, 9.17) is 0 Å². The van der Waals surface area contributed by atoms with Gasteiger partial charge in [-0.3, -0.25) is 14.4 Å². The summed E-state index contributed by atoms with van der Waals surface area (Å²) in [5, 5.41) is 4.46. The van der Waals surface area contributed by atoms with Crippen LogP contribution in [-0.2, 0) is 17.6 Å². The van der Waals surface area contributed by atoms with E-state index in [1.54, 1.807) is 4.90 Å². The maximum absolute atomic E-state index is 12.5. The lowest BCUT2D eigenvalue weighted by Gasteiger charge is -2.31. The molecule has 0 saturated carbocycles. The molecule has 6 nitrogen and oxygen atoms in total. The lowest BCUT2D eigenvalue weighted by Crippen LogP contribution is -2.45. The maximum atomic E-state index is 12.5. The lowest BCUT2D eigenvalue weighted by molar-refractivity contribution is -0.127. The van der Waals surface area contributed by atoms with Gasteiger partial charge in [-0.15, -0.1) is 0 Å². The third kappa shape index (κ3) is 2.30. The van der Waals surface area contributed by atoms with Gasteiger partial charge in [0.15, 0.2) is 0 Å². The van der Waals surface area contributed by atoms with Crippen LogP contribution in [0.1, 0.15) is 51.4 Å². The maximum Gasteiger partial charge on any atom is 0.327 e. The minimum absolute atomic E-state index is 0.0366. The van der Waals surface area contributed by atoms with Crippen molar-refractivity contribution in [2.45, 2.75) is 65.1 Å². The molecule has 1 aliphatic heterocycles. The van der Waals surface area contributed by atoms with Gasteiger partial charge >= 0.3 is 6.03 Å². The number of aryl methyl sites for hydroxylation is 1. The molecular weight excluding hydrogens is 280 g/mol. The third-order valence-electron chi connectivity index (χ3n) is 4.66. The highest BCUT2D eigenvalue weighted by atomic mass is 16.2. The Morgan fingerprint density at radius 3 is 2.50 bits per heavy atom. The van der Waals surface area contributed by atoms with Gasteiger partial charge in [-0.25, -0.2) is 4.79 Å². The van der Waals surface area contributed by atoms with Gasteiger partial charge in [-0.1, -0.05) is 0 Å². The first kappa shape index (κ1) is 15.1. The number of aromatic nitrogens is 2. The number of amides is 3. The normalized spacial score (nSPS) is 22.2. The molecule has 1 saturated heterocycles. The summed E-state index contributed by atoms with van der Waals surface area (Å²) in [7, 11) is 0. The summed E-state index contributed by atoms with van der Waals surface area (Å²) in [5.41, 5.74) is 2.43. The summed E-state index contributed by atoms with van der Waals surface area (Å²) in [6, 6.07) is 0.177. The molecule has 2 heterocycles. The van der Waals surface area contributed by atoms with Gasteiger partial charge in [-0.2, -0.15) is 5.10 Å². The highest BCUT2D eigenvalue weighted by molar-refractivity contribution is 6.02.